The van der Waals surface area contributed by atoms with Crippen LogP contribution in [0.15, 0.2) is 42.5 Å². The predicted octanol–water partition coefficient (Wildman–Crippen LogP) is 0.805. The van der Waals surface area contributed by atoms with E-state index in [1.807, 2.05) is 30.3 Å². The summed E-state index contributed by atoms with van der Waals surface area (Å²) in [5, 5.41) is 2.35. The van der Waals surface area contributed by atoms with Crippen molar-refractivity contribution in [2.45, 2.75) is 25.4 Å². The van der Waals surface area contributed by atoms with Gasteiger partial charge in [-0.05, 0) is 42.3 Å². The van der Waals surface area contributed by atoms with Crippen LogP contribution in [0.4, 0.5) is 11.4 Å². The highest BCUT2D eigenvalue weighted by molar-refractivity contribution is 6.05. The summed E-state index contributed by atoms with van der Waals surface area (Å²) >= 11 is 0. The van der Waals surface area contributed by atoms with Gasteiger partial charge in [0, 0.05) is 81.6 Å². The number of piperidine rings is 1. The number of hydrogen-bond donors (Lipinski definition) is 2. The summed E-state index contributed by atoms with van der Waals surface area (Å²) in [6.45, 7) is 7.02. The molecule has 2 aromatic carbocycles. The summed E-state index contributed by atoms with van der Waals surface area (Å²) in [6, 6.07) is 12.9. The SMILES string of the molecule is NC(=O)c1ccccc1N1CC(CN2CCN(c3ccc4c(c3)CN([C@H]3CCC(=O)NC3=O)C4=O)CC2)C1. The van der Waals surface area contributed by atoms with Crippen LogP contribution in [0.25, 0.3) is 0 Å². The van der Waals surface area contributed by atoms with Gasteiger partial charge in [-0.2, -0.15) is 0 Å². The van der Waals surface area contributed by atoms with Crippen molar-refractivity contribution in [3.05, 3.63) is 59.2 Å². The van der Waals surface area contributed by atoms with Crippen molar-refractivity contribution in [1.82, 2.24) is 15.1 Å². The average molecular weight is 517 g/mol. The molecule has 0 bridgehead atoms. The molecule has 4 amide bonds. The molecule has 4 heterocycles. The minimum atomic E-state index is -0.591. The van der Waals surface area contributed by atoms with Crippen LogP contribution < -0.4 is 20.9 Å². The molecule has 198 valence electrons. The van der Waals surface area contributed by atoms with E-state index in [-0.39, 0.29) is 30.0 Å². The lowest BCUT2D eigenvalue weighted by Gasteiger charge is -2.45. The molecule has 3 fully saturated rings. The standard InChI is InChI=1S/C28H32N6O4/c29-26(36)22-3-1-2-4-23(22)33-15-18(16-33)14-31-9-11-32(12-10-31)20-5-6-21-19(13-20)17-34(28(21)38)24-7-8-25(35)30-27(24)37/h1-6,13,18,24H,7-12,14-17H2,(H2,29,36)(H,30,35,37)/t24-/m0/s1. The van der Waals surface area contributed by atoms with E-state index in [2.05, 4.69) is 26.1 Å². The largest absolute Gasteiger partial charge is 0.370 e. The molecule has 0 spiro atoms. The van der Waals surface area contributed by atoms with Gasteiger partial charge in [0.05, 0.1) is 5.56 Å². The zero-order chi connectivity index (χ0) is 26.4. The molecule has 38 heavy (non-hydrogen) atoms. The van der Waals surface area contributed by atoms with Crippen molar-refractivity contribution in [3.63, 3.8) is 0 Å². The number of benzene rings is 2. The second kappa shape index (κ2) is 9.75. The highest BCUT2D eigenvalue weighted by atomic mass is 16.2. The van der Waals surface area contributed by atoms with Gasteiger partial charge >= 0.3 is 0 Å². The molecule has 10 nitrogen and oxygen atoms in total. The molecule has 4 aliphatic rings. The quantitative estimate of drug-likeness (QED) is 0.545. The van der Waals surface area contributed by atoms with Crippen molar-refractivity contribution < 1.29 is 19.2 Å². The van der Waals surface area contributed by atoms with Crippen LogP contribution in [-0.2, 0) is 16.1 Å². The highest BCUT2D eigenvalue weighted by Gasteiger charge is 2.39. The number of piperazine rings is 1. The molecular weight excluding hydrogens is 484 g/mol. The first-order valence-corrected chi connectivity index (χ1v) is 13.3. The van der Waals surface area contributed by atoms with Gasteiger partial charge in [-0.25, -0.2) is 0 Å². The molecule has 0 unspecified atom stereocenters. The van der Waals surface area contributed by atoms with Crippen molar-refractivity contribution in [2.24, 2.45) is 11.7 Å². The zero-order valence-electron chi connectivity index (χ0n) is 21.3. The van der Waals surface area contributed by atoms with Crippen LogP contribution in [-0.4, -0.2) is 85.3 Å². The molecule has 2 aromatic rings. The number of carbonyl (C=O) groups excluding carboxylic acids is 4. The number of nitrogens with two attached hydrogens (primary N) is 1. The Morgan fingerprint density at radius 3 is 2.47 bits per heavy atom. The van der Waals surface area contributed by atoms with Crippen LogP contribution in [0.3, 0.4) is 0 Å². The molecular formula is C28H32N6O4. The lowest BCUT2D eigenvalue weighted by atomic mass is 9.96. The number of amides is 4. The Morgan fingerprint density at radius 1 is 0.974 bits per heavy atom. The fourth-order valence-corrected chi connectivity index (χ4v) is 6.15. The van der Waals surface area contributed by atoms with Gasteiger partial charge in [-0.15, -0.1) is 0 Å². The zero-order valence-corrected chi connectivity index (χ0v) is 21.3. The summed E-state index contributed by atoms with van der Waals surface area (Å²) in [7, 11) is 0. The topological polar surface area (TPSA) is 119 Å². The van der Waals surface area contributed by atoms with E-state index >= 15 is 0 Å². The number of anilines is 2. The van der Waals surface area contributed by atoms with E-state index in [0.717, 1.165) is 62.8 Å². The number of carbonyl (C=O) groups is 4. The Balaban J connectivity index is 1.02. The van der Waals surface area contributed by atoms with Crippen LogP contribution in [0.2, 0.25) is 0 Å². The molecule has 1 atom stereocenters. The van der Waals surface area contributed by atoms with Crippen LogP contribution >= 0.6 is 0 Å². The van der Waals surface area contributed by atoms with Gasteiger partial charge in [0.2, 0.25) is 11.8 Å². The maximum absolute atomic E-state index is 13.0. The average Bonchev–Trinajstić information content (AvgIpc) is 3.21. The third-order valence-corrected chi connectivity index (χ3v) is 8.23. The second-order valence-electron chi connectivity index (χ2n) is 10.7. The van der Waals surface area contributed by atoms with Crippen molar-refractivity contribution in [2.75, 3.05) is 55.6 Å². The molecule has 3 N–H and O–H groups in total. The van der Waals surface area contributed by atoms with Crippen molar-refractivity contribution >= 4 is 35.0 Å². The van der Waals surface area contributed by atoms with Crippen LogP contribution in [0.5, 0.6) is 0 Å². The van der Waals surface area contributed by atoms with E-state index in [1.54, 1.807) is 11.0 Å². The molecule has 0 radical (unpaired) electrons. The molecule has 3 saturated heterocycles. The first kappa shape index (κ1) is 24.4. The number of nitrogens with zero attached hydrogens (tertiary/aromatic N) is 4. The third-order valence-electron chi connectivity index (χ3n) is 8.23. The Labute approximate surface area is 221 Å². The minimum Gasteiger partial charge on any atom is -0.370 e. The Hall–Kier alpha value is -3.92. The first-order chi connectivity index (χ1) is 18.4. The molecule has 4 aliphatic heterocycles. The highest BCUT2D eigenvalue weighted by Crippen LogP contribution is 2.32. The van der Waals surface area contributed by atoms with Crippen LogP contribution in [0, 0.1) is 5.92 Å². The van der Waals surface area contributed by atoms with Gasteiger partial charge in [-0.3, -0.25) is 29.4 Å². The number of nitrogens with one attached hydrogen (secondary N) is 1. The maximum Gasteiger partial charge on any atom is 0.255 e. The number of hydrogen-bond acceptors (Lipinski definition) is 7. The van der Waals surface area contributed by atoms with Crippen molar-refractivity contribution in [3.8, 4) is 0 Å². The lowest BCUT2D eigenvalue weighted by molar-refractivity contribution is -0.136. The number of fused-ring (bicyclic) bond motifs is 1. The summed E-state index contributed by atoms with van der Waals surface area (Å²) in [6.07, 6.45) is 0.626. The first-order valence-electron chi connectivity index (χ1n) is 13.3. The number of primary amides is 1. The van der Waals surface area contributed by atoms with E-state index in [0.29, 0.717) is 30.0 Å². The van der Waals surface area contributed by atoms with Crippen LogP contribution in [0.1, 0.15) is 39.1 Å². The maximum atomic E-state index is 13.0. The number of rotatable bonds is 6. The minimum absolute atomic E-state index is 0.140. The summed E-state index contributed by atoms with van der Waals surface area (Å²) in [4.78, 5) is 57.2. The third kappa shape index (κ3) is 4.49. The van der Waals surface area contributed by atoms with Gasteiger partial charge < -0.3 is 20.4 Å². The Bertz CT molecular complexity index is 1300. The predicted molar refractivity (Wildman–Crippen MR) is 142 cm³/mol. The van der Waals surface area contributed by atoms with Crippen molar-refractivity contribution in [1.29, 1.82) is 0 Å². The summed E-state index contributed by atoms with van der Waals surface area (Å²) < 4.78 is 0. The normalized spacial score (nSPS) is 22.4. The molecule has 10 heteroatoms. The van der Waals surface area contributed by atoms with E-state index in [1.165, 1.54) is 0 Å². The Morgan fingerprint density at radius 2 is 1.74 bits per heavy atom. The second-order valence-corrected chi connectivity index (χ2v) is 10.7. The van der Waals surface area contributed by atoms with Gasteiger partial charge in [0.25, 0.3) is 11.8 Å². The van der Waals surface area contributed by atoms with Gasteiger partial charge in [0.15, 0.2) is 0 Å². The Kier molecular flexibility index (Phi) is 6.27. The fraction of sp³-hybridized carbons (Fsp3) is 0.429. The van der Waals surface area contributed by atoms with E-state index < -0.39 is 6.04 Å². The molecule has 6 rings (SSSR count). The van der Waals surface area contributed by atoms with E-state index in [4.69, 9.17) is 5.73 Å². The monoisotopic (exact) mass is 516 g/mol. The van der Waals surface area contributed by atoms with E-state index in [9.17, 15) is 19.2 Å². The van der Waals surface area contributed by atoms with Gasteiger partial charge in [0.1, 0.15) is 6.04 Å². The fourth-order valence-electron chi connectivity index (χ4n) is 6.15. The number of imide groups is 1. The summed E-state index contributed by atoms with van der Waals surface area (Å²) in [5.41, 5.74) is 9.72. The van der Waals surface area contributed by atoms with Gasteiger partial charge in [-0.1, -0.05) is 12.1 Å². The molecule has 0 aliphatic carbocycles. The molecule has 0 saturated carbocycles. The smallest absolute Gasteiger partial charge is 0.255 e. The molecule has 0 aromatic heterocycles. The summed E-state index contributed by atoms with van der Waals surface area (Å²) in [5.74, 6) is -0.629. The lowest BCUT2D eigenvalue weighted by Crippen LogP contribution is -2.55. The number of para-hydroxylation sites is 1.